The molecule has 5 rings (SSSR count). The van der Waals surface area contributed by atoms with Crippen LogP contribution < -0.4 is 14.5 Å². The van der Waals surface area contributed by atoms with Gasteiger partial charge in [-0.2, -0.15) is 0 Å². The molecule has 8 heteroatoms. The average Bonchev–Trinajstić information content (AvgIpc) is 3.32. The highest BCUT2D eigenvalue weighted by atomic mass is 19.1. The third-order valence-electron chi connectivity index (χ3n) is 7.08. The van der Waals surface area contributed by atoms with Gasteiger partial charge < -0.3 is 9.64 Å². The highest BCUT2D eigenvalue weighted by molar-refractivity contribution is 6.22. The molecule has 0 spiro atoms. The minimum absolute atomic E-state index is 0.0134. The molecule has 3 fully saturated rings. The van der Waals surface area contributed by atoms with Crippen LogP contribution in [0.25, 0.3) is 0 Å². The summed E-state index contributed by atoms with van der Waals surface area (Å²) in [7, 11) is 0. The zero-order valence-corrected chi connectivity index (χ0v) is 18.8. The van der Waals surface area contributed by atoms with E-state index in [0.29, 0.717) is 30.1 Å². The van der Waals surface area contributed by atoms with Crippen molar-refractivity contribution in [3.8, 4) is 5.75 Å². The van der Waals surface area contributed by atoms with Crippen molar-refractivity contribution in [2.75, 3.05) is 16.3 Å². The van der Waals surface area contributed by atoms with E-state index in [4.69, 9.17) is 4.74 Å². The topological polar surface area (TPSA) is 84.0 Å². The SMILES string of the molecule is C[C@@H]1CC[C@@H]2C(=O)N(c3cccc(OC(=O)[C@H]4CC(=O)N(c5ccc(F)cc5)C4)c3)C(=O)[C@@H]2C1. The van der Waals surface area contributed by atoms with Crippen LogP contribution in [0, 0.1) is 29.5 Å². The van der Waals surface area contributed by atoms with Gasteiger partial charge in [-0.3, -0.25) is 19.2 Å². The van der Waals surface area contributed by atoms with E-state index in [9.17, 15) is 23.6 Å². The minimum Gasteiger partial charge on any atom is -0.426 e. The predicted octanol–water partition coefficient (Wildman–Crippen LogP) is 3.71. The summed E-state index contributed by atoms with van der Waals surface area (Å²) < 4.78 is 18.7. The van der Waals surface area contributed by atoms with Gasteiger partial charge in [-0.1, -0.05) is 13.0 Å². The van der Waals surface area contributed by atoms with Crippen molar-refractivity contribution >= 4 is 35.1 Å². The Bertz CT molecular complexity index is 1160. The number of halogens is 1. The molecule has 7 nitrogen and oxygen atoms in total. The lowest BCUT2D eigenvalue weighted by Crippen LogP contribution is -2.31. The third-order valence-corrected chi connectivity index (χ3v) is 7.08. The molecule has 1 saturated carbocycles. The molecule has 0 aromatic heterocycles. The summed E-state index contributed by atoms with van der Waals surface area (Å²) in [6, 6.07) is 11.9. The van der Waals surface area contributed by atoms with E-state index >= 15 is 0 Å². The monoisotopic (exact) mass is 464 g/mol. The van der Waals surface area contributed by atoms with Crippen molar-refractivity contribution < 1.29 is 28.3 Å². The summed E-state index contributed by atoms with van der Waals surface area (Å²) >= 11 is 0. The fourth-order valence-corrected chi connectivity index (χ4v) is 5.27. The maximum Gasteiger partial charge on any atom is 0.316 e. The number of carbonyl (C=O) groups excluding carboxylic acids is 4. The first-order valence-electron chi connectivity index (χ1n) is 11.6. The number of anilines is 2. The number of hydrogen-bond donors (Lipinski definition) is 0. The van der Waals surface area contributed by atoms with Crippen LogP contribution in [-0.4, -0.2) is 30.2 Å². The van der Waals surface area contributed by atoms with Crippen molar-refractivity contribution in [1.82, 2.24) is 0 Å². The van der Waals surface area contributed by atoms with Gasteiger partial charge in [-0.25, -0.2) is 9.29 Å². The molecule has 3 aliphatic rings. The molecule has 0 N–H and O–H groups in total. The Kier molecular flexibility index (Phi) is 5.67. The van der Waals surface area contributed by atoms with Crippen LogP contribution in [0.15, 0.2) is 48.5 Å². The van der Waals surface area contributed by atoms with Crippen LogP contribution in [0.3, 0.4) is 0 Å². The second-order valence-electron chi connectivity index (χ2n) is 9.44. The van der Waals surface area contributed by atoms with Crippen LogP contribution >= 0.6 is 0 Å². The zero-order chi connectivity index (χ0) is 24.0. The number of benzene rings is 2. The fraction of sp³-hybridized carbons (Fsp3) is 0.385. The second kappa shape index (κ2) is 8.66. The Morgan fingerprint density at radius 2 is 1.71 bits per heavy atom. The van der Waals surface area contributed by atoms with Gasteiger partial charge in [0.25, 0.3) is 0 Å². The van der Waals surface area contributed by atoms with Crippen molar-refractivity contribution in [1.29, 1.82) is 0 Å². The Morgan fingerprint density at radius 1 is 0.971 bits per heavy atom. The van der Waals surface area contributed by atoms with E-state index in [1.807, 2.05) is 0 Å². The Labute approximate surface area is 196 Å². The first kappa shape index (κ1) is 22.3. The molecule has 176 valence electrons. The van der Waals surface area contributed by atoms with E-state index in [-0.39, 0.29) is 48.3 Å². The molecular weight excluding hydrogens is 439 g/mol. The molecule has 1 aliphatic carbocycles. The minimum atomic E-state index is -0.680. The summed E-state index contributed by atoms with van der Waals surface area (Å²) in [5, 5.41) is 0. The number of esters is 1. The van der Waals surface area contributed by atoms with E-state index in [1.54, 1.807) is 18.2 Å². The number of hydrogen-bond acceptors (Lipinski definition) is 5. The molecule has 0 radical (unpaired) electrons. The standard InChI is InChI=1S/C26H25FN2O5/c1-15-5-10-21-22(11-15)25(32)29(24(21)31)19-3-2-4-20(13-19)34-26(33)16-12-23(30)28(14-16)18-8-6-17(27)7-9-18/h2-4,6-9,13,15-16,21-22H,5,10-12,14H2,1H3/t15-,16+,21+,22-/m1/s1. The van der Waals surface area contributed by atoms with Gasteiger partial charge in [0.15, 0.2) is 0 Å². The smallest absolute Gasteiger partial charge is 0.316 e. The summed E-state index contributed by atoms with van der Waals surface area (Å²) in [4.78, 5) is 53.8. The summed E-state index contributed by atoms with van der Waals surface area (Å²) in [5.41, 5.74) is 0.906. The number of ether oxygens (including phenoxy) is 1. The van der Waals surface area contributed by atoms with Crippen LogP contribution in [0.5, 0.6) is 5.75 Å². The van der Waals surface area contributed by atoms with Crippen molar-refractivity contribution in [2.24, 2.45) is 23.7 Å². The lowest BCUT2D eigenvalue weighted by atomic mass is 9.76. The summed E-state index contributed by atoms with van der Waals surface area (Å²) in [6.07, 6.45) is 2.34. The summed E-state index contributed by atoms with van der Waals surface area (Å²) in [5.74, 6) is -2.24. The van der Waals surface area contributed by atoms with Gasteiger partial charge in [0, 0.05) is 24.7 Å². The number of rotatable bonds is 4. The largest absolute Gasteiger partial charge is 0.426 e. The lowest BCUT2D eigenvalue weighted by Gasteiger charge is -2.25. The van der Waals surface area contributed by atoms with Crippen molar-refractivity contribution in [3.05, 3.63) is 54.3 Å². The first-order valence-corrected chi connectivity index (χ1v) is 11.6. The highest BCUT2D eigenvalue weighted by Crippen LogP contribution is 2.42. The van der Waals surface area contributed by atoms with E-state index in [2.05, 4.69) is 6.92 Å². The van der Waals surface area contributed by atoms with Gasteiger partial charge in [0.2, 0.25) is 17.7 Å². The van der Waals surface area contributed by atoms with Crippen molar-refractivity contribution in [2.45, 2.75) is 32.6 Å². The molecule has 2 aromatic carbocycles. The quantitative estimate of drug-likeness (QED) is 0.391. The number of carbonyl (C=O) groups is 4. The fourth-order valence-electron chi connectivity index (χ4n) is 5.27. The molecule has 2 saturated heterocycles. The number of amides is 3. The zero-order valence-electron chi connectivity index (χ0n) is 18.8. The van der Waals surface area contributed by atoms with E-state index < -0.39 is 17.7 Å². The van der Waals surface area contributed by atoms with Gasteiger partial charge in [0.1, 0.15) is 11.6 Å². The first-order chi connectivity index (χ1) is 16.3. The third kappa shape index (κ3) is 3.97. The van der Waals surface area contributed by atoms with Gasteiger partial charge in [-0.15, -0.1) is 0 Å². The number of nitrogens with zero attached hydrogens (tertiary/aromatic N) is 2. The Morgan fingerprint density at radius 3 is 2.47 bits per heavy atom. The maximum absolute atomic E-state index is 13.2. The lowest BCUT2D eigenvalue weighted by molar-refractivity contribution is -0.139. The molecule has 34 heavy (non-hydrogen) atoms. The molecule has 2 aliphatic heterocycles. The molecule has 0 bridgehead atoms. The molecule has 2 aromatic rings. The number of imide groups is 1. The second-order valence-corrected chi connectivity index (χ2v) is 9.44. The van der Waals surface area contributed by atoms with E-state index in [0.717, 1.165) is 6.42 Å². The molecule has 3 amide bonds. The van der Waals surface area contributed by atoms with Gasteiger partial charge in [-0.05, 0) is 61.6 Å². The predicted molar refractivity (Wildman–Crippen MR) is 121 cm³/mol. The van der Waals surface area contributed by atoms with Gasteiger partial charge >= 0.3 is 5.97 Å². The molecule has 0 unspecified atom stereocenters. The maximum atomic E-state index is 13.2. The molecule has 4 atom stereocenters. The van der Waals surface area contributed by atoms with Crippen LogP contribution in [0.1, 0.15) is 32.6 Å². The van der Waals surface area contributed by atoms with Crippen molar-refractivity contribution in [3.63, 3.8) is 0 Å². The highest BCUT2D eigenvalue weighted by Gasteiger charge is 2.50. The van der Waals surface area contributed by atoms with Crippen LogP contribution in [0.4, 0.5) is 15.8 Å². The van der Waals surface area contributed by atoms with Gasteiger partial charge in [0.05, 0.1) is 23.4 Å². The van der Waals surface area contributed by atoms with E-state index in [1.165, 1.54) is 40.1 Å². The van der Waals surface area contributed by atoms with Crippen LogP contribution in [-0.2, 0) is 19.2 Å². The Balaban J connectivity index is 1.28. The Hall–Kier alpha value is -3.55. The summed E-state index contributed by atoms with van der Waals surface area (Å²) in [6.45, 7) is 2.23. The number of fused-ring (bicyclic) bond motifs is 1. The average molecular weight is 464 g/mol. The normalized spacial score (nSPS) is 26.7. The van der Waals surface area contributed by atoms with Crippen LogP contribution in [0.2, 0.25) is 0 Å². The molecular formula is C26H25FN2O5. The molecule has 2 heterocycles.